The first-order chi connectivity index (χ1) is 19.3. The zero-order valence-corrected chi connectivity index (χ0v) is 27.2. The van der Waals surface area contributed by atoms with Gasteiger partial charge in [0.25, 0.3) is 0 Å². The fourth-order valence-electron chi connectivity index (χ4n) is 6.42. The Hall–Kier alpha value is -1.38. The van der Waals surface area contributed by atoms with E-state index in [1.807, 2.05) is 25.9 Å². The summed E-state index contributed by atoms with van der Waals surface area (Å²) in [5.74, 6) is -3.63. The molecule has 0 bridgehead atoms. The second kappa shape index (κ2) is 14.6. The molecule has 12 nitrogen and oxygen atoms in total. The largest absolute Gasteiger partial charge is 0.459 e. The molecule has 2 rings (SSSR count). The quantitative estimate of drug-likeness (QED) is 0.282. The van der Waals surface area contributed by atoms with Gasteiger partial charge in [-0.05, 0) is 68.0 Å². The van der Waals surface area contributed by atoms with Gasteiger partial charge < -0.3 is 49.6 Å². The van der Waals surface area contributed by atoms with Gasteiger partial charge in [0.05, 0.1) is 35.9 Å². The summed E-state index contributed by atoms with van der Waals surface area (Å²) >= 11 is 0. The van der Waals surface area contributed by atoms with Crippen LogP contribution in [0.5, 0.6) is 0 Å². The van der Waals surface area contributed by atoms with Crippen molar-refractivity contribution < 1.29 is 49.0 Å². The number of nitrogens with zero attached hydrogens (tertiary/aromatic N) is 1. The first kappa shape index (κ1) is 36.8. The predicted octanol–water partition coefficient (Wildman–Crippen LogP) is 0.814. The summed E-state index contributed by atoms with van der Waals surface area (Å²) in [5, 5.41) is 47.8. The van der Waals surface area contributed by atoms with Crippen LogP contribution in [0.25, 0.3) is 0 Å². The lowest BCUT2D eigenvalue weighted by atomic mass is 9.77. The molecule has 0 unspecified atom stereocenters. The van der Waals surface area contributed by atoms with Crippen molar-refractivity contribution in [2.75, 3.05) is 21.2 Å². The number of esters is 1. The number of nitrogens with one attached hydrogen (secondary N) is 1. The highest BCUT2D eigenvalue weighted by molar-refractivity contribution is 5.78. The molecule has 1 amide bonds. The SMILES string of the molecule is CC[C@H]1OC(=O)[C@H](C)[C@@H](O)[C@H](C)[C@@H](O[C@@H]2O[C@H](C)C[C@H](N(C)C)[C@H]2O)[C@](C)(OC)C[C@@H](C)C(=O)N[C@H](C)[C@@H](O)[C@]1(C)O. The van der Waals surface area contributed by atoms with E-state index in [0.717, 1.165) is 0 Å². The van der Waals surface area contributed by atoms with Crippen LogP contribution in [0.15, 0.2) is 0 Å². The molecule has 42 heavy (non-hydrogen) atoms. The summed E-state index contributed by atoms with van der Waals surface area (Å²) in [7, 11) is 5.21. The smallest absolute Gasteiger partial charge is 0.311 e. The Labute approximate surface area is 251 Å². The number of carbonyl (C=O) groups excluding carboxylic acids is 2. The van der Waals surface area contributed by atoms with E-state index in [1.54, 1.807) is 34.6 Å². The zero-order valence-electron chi connectivity index (χ0n) is 27.2. The maximum atomic E-state index is 13.3. The monoisotopic (exact) mass is 604 g/mol. The Morgan fingerprint density at radius 2 is 1.64 bits per heavy atom. The lowest BCUT2D eigenvalue weighted by molar-refractivity contribution is -0.301. The second-order valence-corrected chi connectivity index (χ2v) is 13.2. The van der Waals surface area contributed by atoms with Gasteiger partial charge in [-0.25, -0.2) is 0 Å². The molecule has 2 heterocycles. The minimum atomic E-state index is -1.89. The van der Waals surface area contributed by atoms with Crippen molar-refractivity contribution in [3.63, 3.8) is 0 Å². The van der Waals surface area contributed by atoms with Crippen LogP contribution in [0.4, 0.5) is 0 Å². The fourth-order valence-corrected chi connectivity index (χ4v) is 6.42. The van der Waals surface area contributed by atoms with Gasteiger partial charge in [-0.15, -0.1) is 0 Å². The minimum absolute atomic E-state index is 0.127. The Morgan fingerprint density at radius 3 is 2.17 bits per heavy atom. The van der Waals surface area contributed by atoms with E-state index in [-0.39, 0.29) is 25.0 Å². The highest BCUT2D eigenvalue weighted by Crippen LogP contribution is 2.37. The van der Waals surface area contributed by atoms with E-state index in [9.17, 15) is 30.0 Å². The van der Waals surface area contributed by atoms with E-state index < -0.39 is 83.7 Å². The van der Waals surface area contributed by atoms with Crippen LogP contribution in [-0.4, -0.2) is 125 Å². The van der Waals surface area contributed by atoms with E-state index in [4.69, 9.17) is 18.9 Å². The molecule has 0 saturated carbocycles. The summed E-state index contributed by atoms with van der Waals surface area (Å²) in [6, 6.07) is -1.13. The molecule has 2 saturated heterocycles. The lowest BCUT2D eigenvalue weighted by Crippen LogP contribution is -2.60. The maximum Gasteiger partial charge on any atom is 0.311 e. The third-order valence-electron chi connectivity index (χ3n) is 9.41. The fraction of sp³-hybridized carbons (Fsp3) is 0.933. The Balaban J connectivity index is 2.59. The number of cyclic esters (lactones) is 1. The van der Waals surface area contributed by atoms with Crippen LogP contribution < -0.4 is 5.32 Å². The number of likely N-dealkylation sites (N-methyl/N-ethyl adjacent to an activating group) is 1. The van der Waals surface area contributed by atoms with Gasteiger partial charge in [-0.2, -0.15) is 0 Å². The standard InChI is InChI=1S/C30H56N2O10/c1-12-21-30(8,38)24(35)19(6)31-26(36)15(2)14-29(7,39-11)25(17(4)22(33)18(5)27(37)41-21)42-28-23(34)20(32(9)10)13-16(3)40-28/h15-25,28,33-35,38H,12-14H2,1-11H3,(H,31,36)/t15-,16-,17+,18-,19-,20+,21-,22+,23-,24-,25-,28+,29-,30-/m1/s1. The molecule has 246 valence electrons. The van der Waals surface area contributed by atoms with Crippen molar-refractivity contribution in [1.82, 2.24) is 10.2 Å². The maximum absolute atomic E-state index is 13.3. The second-order valence-electron chi connectivity index (χ2n) is 13.2. The molecule has 2 aliphatic rings. The number of ether oxygens (including phenoxy) is 4. The van der Waals surface area contributed by atoms with Gasteiger partial charge in [0, 0.05) is 25.0 Å². The predicted molar refractivity (Wildman–Crippen MR) is 155 cm³/mol. The summed E-state index contributed by atoms with van der Waals surface area (Å²) in [5.41, 5.74) is -3.09. The Kier molecular flexibility index (Phi) is 12.8. The molecule has 5 N–H and O–H groups in total. The molecular formula is C30H56N2O10. The van der Waals surface area contributed by atoms with E-state index in [2.05, 4.69) is 5.32 Å². The van der Waals surface area contributed by atoms with Gasteiger partial charge in [0.15, 0.2) is 6.29 Å². The molecule has 14 atom stereocenters. The molecule has 0 aromatic rings. The van der Waals surface area contributed by atoms with Gasteiger partial charge in [-0.1, -0.05) is 20.8 Å². The van der Waals surface area contributed by atoms with Crippen LogP contribution in [0, 0.1) is 17.8 Å². The summed E-state index contributed by atoms with van der Waals surface area (Å²) < 4.78 is 24.2. The first-order valence-corrected chi connectivity index (χ1v) is 15.1. The Bertz CT molecular complexity index is 903. The number of hydrogen-bond acceptors (Lipinski definition) is 11. The van der Waals surface area contributed by atoms with Crippen molar-refractivity contribution in [1.29, 1.82) is 0 Å². The average molecular weight is 605 g/mol. The third kappa shape index (κ3) is 8.01. The lowest BCUT2D eigenvalue weighted by Gasteiger charge is -2.47. The Morgan fingerprint density at radius 1 is 1.05 bits per heavy atom. The minimum Gasteiger partial charge on any atom is -0.459 e. The van der Waals surface area contributed by atoms with Crippen molar-refractivity contribution in [2.24, 2.45) is 17.8 Å². The van der Waals surface area contributed by atoms with Crippen molar-refractivity contribution >= 4 is 11.9 Å². The number of amides is 1. The summed E-state index contributed by atoms with van der Waals surface area (Å²) in [6.45, 7) is 13.2. The van der Waals surface area contributed by atoms with E-state index >= 15 is 0 Å². The van der Waals surface area contributed by atoms with E-state index in [0.29, 0.717) is 6.42 Å². The van der Waals surface area contributed by atoms with Crippen LogP contribution in [0.2, 0.25) is 0 Å². The first-order valence-electron chi connectivity index (χ1n) is 15.1. The molecule has 2 aliphatic heterocycles. The number of aliphatic hydroxyl groups excluding tert-OH is 3. The van der Waals surface area contributed by atoms with Crippen LogP contribution >= 0.6 is 0 Å². The van der Waals surface area contributed by atoms with Crippen molar-refractivity contribution in [2.45, 2.75) is 141 Å². The number of hydrogen-bond donors (Lipinski definition) is 5. The number of aliphatic hydroxyl groups is 4. The number of methoxy groups -OCH3 is 1. The van der Waals surface area contributed by atoms with Crippen molar-refractivity contribution in [3.05, 3.63) is 0 Å². The van der Waals surface area contributed by atoms with Crippen LogP contribution in [-0.2, 0) is 28.5 Å². The molecule has 0 radical (unpaired) electrons. The highest BCUT2D eigenvalue weighted by Gasteiger charge is 2.50. The molecule has 0 aromatic carbocycles. The molecule has 2 fully saturated rings. The summed E-state index contributed by atoms with van der Waals surface area (Å²) in [6.07, 6.45) is -6.25. The number of carbonyl (C=O) groups is 2. The number of rotatable bonds is 5. The van der Waals surface area contributed by atoms with Gasteiger partial charge in [0.1, 0.15) is 23.9 Å². The summed E-state index contributed by atoms with van der Waals surface area (Å²) in [4.78, 5) is 28.5. The van der Waals surface area contributed by atoms with Gasteiger partial charge in [-0.3, -0.25) is 9.59 Å². The molecule has 0 spiro atoms. The molecule has 0 aromatic heterocycles. The van der Waals surface area contributed by atoms with Crippen LogP contribution in [0.3, 0.4) is 0 Å². The van der Waals surface area contributed by atoms with Crippen molar-refractivity contribution in [3.8, 4) is 0 Å². The zero-order chi connectivity index (χ0) is 32.3. The average Bonchev–Trinajstić information content (AvgIpc) is 2.93. The molecule has 0 aliphatic carbocycles. The normalized spacial score (nSPS) is 46.9. The van der Waals surface area contributed by atoms with Gasteiger partial charge in [0.2, 0.25) is 5.91 Å². The van der Waals surface area contributed by atoms with Crippen LogP contribution in [0.1, 0.15) is 74.7 Å². The topological polar surface area (TPSA) is 167 Å². The van der Waals surface area contributed by atoms with E-state index in [1.165, 1.54) is 21.0 Å². The highest BCUT2D eigenvalue weighted by atomic mass is 16.7. The third-order valence-corrected chi connectivity index (χ3v) is 9.41. The molecular weight excluding hydrogens is 548 g/mol. The molecule has 12 heteroatoms. The van der Waals surface area contributed by atoms with Gasteiger partial charge >= 0.3 is 5.97 Å².